The lowest BCUT2D eigenvalue weighted by Crippen LogP contribution is -2.27. The van der Waals surface area contributed by atoms with Gasteiger partial charge in [0, 0.05) is 18.9 Å². The van der Waals surface area contributed by atoms with E-state index in [4.69, 9.17) is 5.84 Å². The molecule has 0 atom stereocenters. The zero-order valence-electron chi connectivity index (χ0n) is 12.6. The van der Waals surface area contributed by atoms with Gasteiger partial charge in [0.05, 0.1) is 21.8 Å². The first-order valence-electron chi connectivity index (χ1n) is 7.28. The molecule has 0 spiro atoms. The van der Waals surface area contributed by atoms with Crippen molar-refractivity contribution in [2.75, 3.05) is 5.84 Å². The maximum Gasteiger partial charge on any atom is 0.278 e. The number of nitrogens with zero attached hydrogens (tertiary/aromatic N) is 3. The molecule has 0 fully saturated rings. The molecule has 0 aliphatic carbocycles. The predicted molar refractivity (Wildman–Crippen MR) is 87.4 cm³/mol. The van der Waals surface area contributed by atoms with Gasteiger partial charge < -0.3 is 10.4 Å². The molecule has 3 heterocycles. The minimum absolute atomic E-state index is 0.126. The maximum atomic E-state index is 12.6. The Morgan fingerprint density at radius 3 is 2.41 bits per heavy atom. The van der Waals surface area contributed by atoms with E-state index in [1.807, 2.05) is 6.07 Å². The number of aromatic nitrogens is 3. The number of nitrogen functional groups attached to an aromatic ring is 1. The van der Waals surface area contributed by atoms with E-state index < -0.39 is 0 Å². The summed E-state index contributed by atoms with van der Waals surface area (Å²) in [6, 6.07) is 5.07. The Labute approximate surface area is 126 Å². The average molecular weight is 298 g/mol. The predicted octanol–water partition coefficient (Wildman–Crippen LogP) is 1.47. The number of aryl methyl sites for hydroxylation is 1. The number of rotatable bonds is 3. The molecule has 6 heteroatoms. The van der Waals surface area contributed by atoms with Gasteiger partial charge in [-0.25, -0.2) is 9.66 Å². The lowest BCUT2D eigenvalue weighted by atomic mass is 10.1. The van der Waals surface area contributed by atoms with E-state index in [0.717, 1.165) is 11.1 Å². The zero-order chi connectivity index (χ0) is 15.9. The highest BCUT2D eigenvalue weighted by Crippen LogP contribution is 2.14. The van der Waals surface area contributed by atoms with Crippen LogP contribution in [0.5, 0.6) is 0 Å². The average Bonchev–Trinajstić information content (AvgIpc) is 2.49. The molecule has 0 aliphatic rings. The van der Waals surface area contributed by atoms with Crippen LogP contribution in [0.2, 0.25) is 0 Å². The molecule has 2 N–H and O–H groups in total. The maximum absolute atomic E-state index is 12.6. The quantitative estimate of drug-likeness (QED) is 0.586. The number of hydrogen-bond donors (Lipinski definition) is 1. The van der Waals surface area contributed by atoms with E-state index in [0.29, 0.717) is 34.3 Å². The molecule has 0 amide bonds. The van der Waals surface area contributed by atoms with Crippen LogP contribution in [0.4, 0.5) is 0 Å². The standard InChI is InChI=1S/C16H18N4O2/c1-10(2)3-6-19-7-4-13-11(15(19)21)9-12-14(18-13)5-8-20(17)16(12)22/h4-5,7-10H,3,6,17H2,1-2H3. The van der Waals surface area contributed by atoms with Crippen molar-refractivity contribution < 1.29 is 0 Å². The topological polar surface area (TPSA) is 82.9 Å². The van der Waals surface area contributed by atoms with E-state index in [2.05, 4.69) is 18.8 Å². The first kappa shape index (κ1) is 14.3. The summed E-state index contributed by atoms with van der Waals surface area (Å²) in [5, 5.41) is 0.804. The van der Waals surface area contributed by atoms with Crippen molar-refractivity contribution in [2.45, 2.75) is 26.8 Å². The zero-order valence-corrected chi connectivity index (χ0v) is 12.6. The van der Waals surface area contributed by atoms with Gasteiger partial charge in [-0.2, -0.15) is 0 Å². The molecular weight excluding hydrogens is 280 g/mol. The fraction of sp³-hybridized carbons (Fsp3) is 0.312. The molecule has 114 valence electrons. The SMILES string of the molecule is CC(C)CCn1ccc2nc3ccn(N)c(=O)c3cc2c1=O. The van der Waals surface area contributed by atoms with Gasteiger partial charge in [-0.1, -0.05) is 13.8 Å². The van der Waals surface area contributed by atoms with Crippen molar-refractivity contribution in [1.82, 2.24) is 14.2 Å². The van der Waals surface area contributed by atoms with E-state index >= 15 is 0 Å². The van der Waals surface area contributed by atoms with Gasteiger partial charge in [0.15, 0.2) is 0 Å². The van der Waals surface area contributed by atoms with Crippen molar-refractivity contribution in [3.63, 3.8) is 0 Å². The Bertz CT molecular complexity index is 969. The fourth-order valence-electron chi connectivity index (χ4n) is 2.45. The normalized spacial score (nSPS) is 11.6. The lowest BCUT2D eigenvalue weighted by molar-refractivity contribution is 0.509. The summed E-state index contributed by atoms with van der Waals surface area (Å²) in [4.78, 5) is 29.0. The van der Waals surface area contributed by atoms with Crippen LogP contribution in [0.15, 0.2) is 40.2 Å². The van der Waals surface area contributed by atoms with E-state index in [9.17, 15) is 9.59 Å². The van der Waals surface area contributed by atoms with Gasteiger partial charge in [-0.05, 0) is 30.5 Å². The Balaban J connectivity index is 2.25. The molecule has 0 unspecified atom stereocenters. The molecule has 0 saturated carbocycles. The van der Waals surface area contributed by atoms with E-state index in [-0.39, 0.29) is 11.1 Å². The third-order valence-corrected chi connectivity index (χ3v) is 3.79. The smallest absolute Gasteiger partial charge is 0.278 e. The third kappa shape index (κ3) is 2.36. The summed E-state index contributed by atoms with van der Waals surface area (Å²) >= 11 is 0. The Kier molecular flexibility index (Phi) is 3.44. The summed E-state index contributed by atoms with van der Waals surface area (Å²) in [5.41, 5.74) is 0.647. The molecule has 0 aliphatic heterocycles. The molecule has 6 nitrogen and oxygen atoms in total. The van der Waals surface area contributed by atoms with E-state index in [1.54, 1.807) is 22.9 Å². The van der Waals surface area contributed by atoms with Gasteiger partial charge in [-0.3, -0.25) is 9.59 Å². The molecule has 22 heavy (non-hydrogen) atoms. The summed E-state index contributed by atoms with van der Waals surface area (Å²) < 4.78 is 2.66. The Hall–Kier alpha value is -2.63. The molecule has 0 bridgehead atoms. The van der Waals surface area contributed by atoms with Crippen LogP contribution in [0.25, 0.3) is 21.8 Å². The fourth-order valence-corrected chi connectivity index (χ4v) is 2.45. The van der Waals surface area contributed by atoms with Crippen LogP contribution in [0.1, 0.15) is 20.3 Å². The van der Waals surface area contributed by atoms with Crippen LogP contribution in [-0.4, -0.2) is 14.2 Å². The highest BCUT2D eigenvalue weighted by atomic mass is 16.1. The first-order chi connectivity index (χ1) is 10.5. The number of nitrogens with two attached hydrogens (primary N) is 1. The molecule has 3 rings (SSSR count). The third-order valence-electron chi connectivity index (χ3n) is 3.79. The van der Waals surface area contributed by atoms with Crippen LogP contribution >= 0.6 is 0 Å². The number of pyridine rings is 3. The van der Waals surface area contributed by atoms with Gasteiger partial charge in [0.25, 0.3) is 11.1 Å². The number of fused-ring (bicyclic) bond motifs is 2. The Morgan fingerprint density at radius 1 is 1.09 bits per heavy atom. The van der Waals surface area contributed by atoms with Crippen molar-refractivity contribution in [1.29, 1.82) is 0 Å². The first-order valence-corrected chi connectivity index (χ1v) is 7.28. The molecule has 3 aromatic rings. The van der Waals surface area contributed by atoms with Gasteiger partial charge in [0.2, 0.25) is 0 Å². The van der Waals surface area contributed by atoms with Crippen LogP contribution in [0, 0.1) is 5.92 Å². The highest BCUT2D eigenvalue weighted by Gasteiger charge is 2.09. The van der Waals surface area contributed by atoms with Crippen LogP contribution in [-0.2, 0) is 6.54 Å². The second kappa shape index (κ2) is 5.29. The lowest BCUT2D eigenvalue weighted by Gasteiger charge is -2.09. The monoisotopic (exact) mass is 298 g/mol. The molecule has 0 radical (unpaired) electrons. The minimum Gasteiger partial charge on any atom is -0.336 e. The van der Waals surface area contributed by atoms with Crippen LogP contribution in [0.3, 0.4) is 0 Å². The molecule has 3 aromatic heterocycles. The molecule has 0 saturated heterocycles. The van der Waals surface area contributed by atoms with Gasteiger partial charge in [-0.15, -0.1) is 0 Å². The van der Waals surface area contributed by atoms with E-state index in [1.165, 1.54) is 6.20 Å². The second-order valence-corrected chi connectivity index (χ2v) is 5.88. The summed E-state index contributed by atoms with van der Waals surface area (Å²) in [7, 11) is 0. The summed E-state index contributed by atoms with van der Waals surface area (Å²) in [6.07, 6.45) is 4.14. The summed E-state index contributed by atoms with van der Waals surface area (Å²) in [6.45, 7) is 4.89. The van der Waals surface area contributed by atoms with Crippen molar-refractivity contribution in [3.05, 3.63) is 51.3 Å². The molecule has 0 aromatic carbocycles. The van der Waals surface area contributed by atoms with Gasteiger partial charge >= 0.3 is 0 Å². The van der Waals surface area contributed by atoms with Crippen molar-refractivity contribution >= 4 is 21.8 Å². The second-order valence-electron chi connectivity index (χ2n) is 5.88. The largest absolute Gasteiger partial charge is 0.336 e. The van der Waals surface area contributed by atoms with Crippen molar-refractivity contribution in [3.8, 4) is 0 Å². The summed E-state index contributed by atoms with van der Waals surface area (Å²) in [5.74, 6) is 6.09. The highest BCUT2D eigenvalue weighted by molar-refractivity contribution is 5.91. The minimum atomic E-state index is -0.358. The molecular formula is C16H18N4O2. The Morgan fingerprint density at radius 2 is 1.73 bits per heavy atom. The van der Waals surface area contributed by atoms with Crippen molar-refractivity contribution in [2.24, 2.45) is 5.92 Å². The van der Waals surface area contributed by atoms with Gasteiger partial charge in [0.1, 0.15) is 0 Å². The van der Waals surface area contributed by atoms with Crippen LogP contribution < -0.4 is 17.0 Å². The number of hydrogen-bond acceptors (Lipinski definition) is 4.